The van der Waals surface area contributed by atoms with E-state index in [0.29, 0.717) is 35.3 Å². The van der Waals surface area contributed by atoms with Crippen molar-refractivity contribution in [1.82, 2.24) is 5.32 Å². The van der Waals surface area contributed by atoms with Crippen LogP contribution in [0.2, 0.25) is 5.02 Å². The number of ether oxygens (including phenoxy) is 2. The van der Waals surface area contributed by atoms with Crippen LogP contribution in [0.25, 0.3) is 6.08 Å². The van der Waals surface area contributed by atoms with Crippen LogP contribution in [-0.2, 0) is 16.2 Å². The van der Waals surface area contributed by atoms with Gasteiger partial charge >= 0.3 is 6.03 Å². The minimum Gasteiger partial charge on any atom is -0.490 e. The number of hydrogen-bond donors (Lipinski definition) is 1. The molecule has 0 spiro atoms. The summed E-state index contributed by atoms with van der Waals surface area (Å²) >= 11 is 6.19. The van der Waals surface area contributed by atoms with E-state index < -0.39 is 17.8 Å². The van der Waals surface area contributed by atoms with Crippen LogP contribution in [0, 0.1) is 20.8 Å². The van der Waals surface area contributed by atoms with Gasteiger partial charge in [-0.05, 0) is 74.7 Å². The Bertz CT molecular complexity index is 1410. The van der Waals surface area contributed by atoms with Gasteiger partial charge in [0.1, 0.15) is 12.2 Å². The van der Waals surface area contributed by atoms with Crippen molar-refractivity contribution in [3.05, 3.63) is 93.0 Å². The maximum absolute atomic E-state index is 13.2. The Morgan fingerprint density at radius 2 is 1.62 bits per heavy atom. The fraction of sp³-hybridized carbons (Fsp3) is 0.207. The van der Waals surface area contributed by atoms with Crippen LogP contribution in [0.1, 0.15) is 34.7 Å². The van der Waals surface area contributed by atoms with Crippen LogP contribution in [0.3, 0.4) is 0 Å². The molecule has 4 amide bonds. The zero-order valence-corrected chi connectivity index (χ0v) is 21.8. The number of carbonyl (C=O) groups is 3. The second-order valence-corrected chi connectivity index (χ2v) is 9.22. The normalized spacial score (nSPS) is 14.7. The van der Waals surface area contributed by atoms with Gasteiger partial charge in [0.25, 0.3) is 11.8 Å². The Morgan fingerprint density at radius 3 is 2.30 bits per heavy atom. The molecule has 4 rings (SSSR count). The molecule has 1 N–H and O–H groups in total. The second kappa shape index (κ2) is 10.9. The van der Waals surface area contributed by atoms with Gasteiger partial charge in [-0.15, -0.1) is 0 Å². The van der Waals surface area contributed by atoms with E-state index in [-0.39, 0.29) is 11.3 Å². The zero-order valence-electron chi connectivity index (χ0n) is 21.1. The molecule has 1 aliphatic heterocycles. The summed E-state index contributed by atoms with van der Waals surface area (Å²) in [6, 6.07) is 15.3. The highest BCUT2D eigenvalue weighted by atomic mass is 35.5. The highest BCUT2D eigenvalue weighted by Crippen LogP contribution is 2.31. The summed E-state index contributed by atoms with van der Waals surface area (Å²) in [5, 5.41) is 2.62. The van der Waals surface area contributed by atoms with Gasteiger partial charge < -0.3 is 9.47 Å². The number of carbonyl (C=O) groups excluding carboxylic acids is 3. The van der Waals surface area contributed by atoms with Crippen molar-refractivity contribution >= 4 is 41.2 Å². The van der Waals surface area contributed by atoms with E-state index in [9.17, 15) is 14.4 Å². The van der Waals surface area contributed by atoms with Gasteiger partial charge in [0.2, 0.25) is 0 Å². The molecule has 3 aromatic carbocycles. The monoisotopic (exact) mass is 518 g/mol. The number of anilines is 1. The van der Waals surface area contributed by atoms with Gasteiger partial charge in [0.05, 0.1) is 12.3 Å². The number of urea groups is 1. The molecule has 1 aliphatic rings. The number of nitrogens with one attached hydrogen (secondary N) is 1. The lowest BCUT2D eigenvalue weighted by atomic mass is 10.1. The summed E-state index contributed by atoms with van der Waals surface area (Å²) < 4.78 is 11.8. The average molecular weight is 519 g/mol. The lowest BCUT2D eigenvalue weighted by Crippen LogP contribution is -2.54. The first kappa shape index (κ1) is 26.0. The number of barbiturate groups is 1. The molecule has 7 nitrogen and oxygen atoms in total. The largest absolute Gasteiger partial charge is 0.490 e. The average Bonchev–Trinajstić information content (AvgIpc) is 2.83. The minimum atomic E-state index is -0.836. The molecule has 0 bridgehead atoms. The molecular formula is C29H27ClN2O5. The maximum atomic E-state index is 13.2. The molecule has 0 saturated carbocycles. The summed E-state index contributed by atoms with van der Waals surface area (Å²) in [6.07, 6.45) is 1.42. The number of aryl methyl sites for hydroxylation is 3. The van der Waals surface area contributed by atoms with Gasteiger partial charge in [-0.25, -0.2) is 9.69 Å². The first-order valence-corrected chi connectivity index (χ1v) is 12.2. The van der Waals surface area contributed by atoms with Crippen molar-refractivity contribution in [2.45, 2.75) is 34.3 Å². The van der Waals surface area contributed by atoms with Crippen LogP contribution in [0.4, 0.5) is 10.5 Å². The fourth-order valence-electron chi connectivity index (χ4n) is 4.09. The number of halogens is 1. The standard InChI is InChI=1S/C29H27ClN2O5/c1-5-36-26-14-20(7-9-25(26)37-16-21-11-17(2)10-18(3)12-21)13-23-27(33)31-29(35)32(28(23)34)22-8-6-19(4)24(30)15-22/h6-15H,5,16H2,1-4H3,(H,31,33,35)/b23-13+. The molecule has 37 heavy (non-hydrogen) atoms. The third-order valence-corrected chi connectivity index (χ3v) is 6.18. The van der Waals surface area contributed by atoms with Crippen molar-refractivity contribution in [3.63, 3.8) is 0 Å². The lowest BCUT2D eigenvalue weighted by Gasteiger charge is -2.26. The van der Waals surface area contributed by atoms with Crippen LogP contribution in [-0.4, -0.2) is 24.5 Å². The fourth-order valence-corrected chi connectivity index (χ4v) is 4.27. The molecule has 0 unspecified atom stereocenters. The van der Waals surface area contributed by atoms with E-state index in [1.165, 1.54) is 12.1 Å². The smallest absolute Gasteiger partial charge is 0.335 e. The third kappa shape index (κ3) is 5.84. The maximum Gasteiger partial charge on any atom is 0.335 e. The van der Waals surface area contributed by atoms with Crippen LogP contribution in [0.15, 0.2) is 60.2 Å². The molecule has 0 radical (unpaired) electrons. The Hall–Kier alpha value is -4.10. The number of nitrogens with zero attached hydrogens (tertiary/aromatic N) is 1. The van der Waals surface area contributed by atoms with E-state index in [4.69, 9.17) is 21.1 Å². The Balaban J connectivity index is 1.62. The van der Waals surface area contributed by atoms with E-state index >= 15 is 0 Å². The summed E-state index contributed by atoms with van der Waals surface area (Å²) in [6.45, 7) is 8.50. The van der Waals surface area contributed by atoms with Gasteiger partial charge in [-0.2, -0.15) is 0 Å². The van der Waals surface area contributed by atoms with Crippen LogP contribution in [0.5, 0.6) is 11.5 Å². The van der Waals surface area contributed by atoms with Gasteiger partial charge in [-0.1, -0.05) is 53.1 Å². The molecule has 1 saturated heterocycles. The molecule has 190 valence electrons. The molecule has 3 aromatic rings. The van der Waals surface area contributed by atoms with Crippen molar-refractivity contribution in [2.24, 2.45) is 0 Å². The van der Waals surface area contributed by atoms with Gasteiger partial charge in [0.15, 0.2) is 11.5 Å². The number of benzene rings is 3. The highest BCUT2D eigenvalue weighted by Gasteiger charge is 2.37. The van der Waals surface area contributed by atoms with E-state index in [1.807, 2.05) is 27.7 Å². The topological polar surface area (TPSA) is 84.9 Å². The summed E-state index contributed by atoms with van der Waals surface area (Å²) in [7, 11) is 0. The Kier molecular flexibility index (Phi) is 7.64. The molecule has 1 fully saturated rings. The molecule has 0 aliphatic carbocycles. The van der Waals surface area contributed by atoms with Crippen LogP contribution < -0.4 is 19.7 Å². The van der Waals surface area contributed by atoms with Crippen molar-refractivity contribution in [3.8, 4) is 11.5 Å². The molecular weight excluding hydrogens is 492 g/mol. The number of imide groups is 2. The first-order chi connectivity index (χ1) is 17.7. The molecule has 8 heteroatoms. The first-order valence-electron chi connectivity index (χ1n) is 11.8. The number of hydrogen-bond acceptors (Lipinski definition) is 5. The minimum absolute atomic E-state index is 0.192. The predicted molar refractivity (Wildman–Crippen MR) is 143 cm³/mol. The third-order valence-electron chi connectivity index (χ3n) is 5.77. The molecule has 0 atom stereocenters. The van der Waals surface area contributed by atoms with E-state index in [1.54, 1.807) is 30.3 Å². The van der Waals surface area contributed by atoms with Gasteiger partial charge in [-0.3, -0.25) is 14.9 Å². The quantitative estimate of drug-likeness (QED) is 0.310. The van der Waals surface area contributed by atoms with Crippen molar-refractivity contribution < 1.29 is 23.9 Å². The van der Waals surface area contributed by atoms with Crippen molar-refractivity contribution in [2.75, 3.05) is 11.5 Å². The van der Waals surface area contributed by atoms with E-state index in [2.05, 4.69) is 23.5 Å². The molecule has 1 heterocycles. The SMILES string of the molecule is CCOc1cc(/C=C2\C(=O)NC(=O)N(c3ccc(C)c(Cl)c3)C2=O)ccc1OCc1cc(C)cc(C)c1. The summed E-state index contributed by atoms with van der Waals surface area (Å²) in [5.41, 5.74) is 4.76. The van der Waals surface area contributed by atoms with E-state index in [0.717, 1.165) is 27.2 Å². The number of amides is 4. The Morgan fingerprint density at radius 1 is 0.892 bits per heavy atom. The number of rotatable bonds is 7. The lowest BCUT2D eigenvalue weighted by molar-refractivity contribution is -0.122. The van der Waals surface area contributed by atoms with Crippen LogP contribution >= 0.6 is 11.6 Å². The van der Waals surface area contributed by atoms with Crippen molar-refractivity contribution in [1.29, 1.82) is 0 Å². The zero-order chi connectivity index (χ0) is 26.7. The highest BCUT2D eigenvalue weighted by molar-refractivity contribution is 6.39. The Labute approximate surface area is 220 Å². The van der Waals surface area contributed by atoms with Gasteiger partial charge in [0, 0.05) is 5.02 Å². The second-order valence-electron chi connectivity index (χ2n) is 8.82. The summed E-state index contributed by atoms with van der Waals surface area (Å²) in [5.74, 6) is -0.517. The predicted octanol–water partition coefficient (Wildman–Crippen LogP) is 5.91. The summed E-state index contributed by atoms with van der Waals surface area (Å²) in [4.78, 5) is 39.2. The molecule has 0 aromatic heterocycles.